The number of hydrogen-bond acceptors (Lipinski definition) is 3. The van der Waals surface area contributed by atoms with Gasteiger partial charge in [-0.15, -0.1) is 0 Å². The number of ether oxygens (including phenoxy) is 1. The van der Waals surface area contributed by atoms with E-state index in [2.05, 4.69) is 5.32 Å². The Morgan fingerprint density at radius 1 is 1.24 bits per heavy atom. The molecule has 0 aliphatic carbocycles. The molecule has 4 nitrogen and oxygen atoms in total. The Morgan fingerprint density at radius 2 is 1.90 bits per heavy atom. The van der Waals surface area contributed by atoms with Gasteiger partial charge in [0.1, 0.15) is 11.6 Å². The van der Waals surface area contributed by atoms with Crippen LogP contribution in [0, 0.1) is 5.82 Å². The van der Waals surface area contributed by atoms with Crippen LogP contribution in [0.1, 0.15) is 22.0 Å². The zero-order chi connectivity index (χ0) is 15.2. The van der Waals surface area contributed by atoms with Crippen molar-refractivity contribution >= 4 is 5.91 Å². The molecule has 0 saturated carbocycles. The van der Waals surface area contributed by atoms with E-state index >= 15 is 0 Å². The maximum absolute atomic E-state index is 13.4. The average molecular weight is 289 g/mol. The van der Waals surface area contributed by atoms with Gasteiger partial charge in [-0.2, -0.15) is 0 Å². The number of rotatable bonds is 5. The fraction of sp³-hybridized carbons (Fsp3) is 0.188. The van der Waals surface area contributed by atoms with Crippen LogP contribution in [0.25, 0.3) is 0 Å². The highest BCUT2D eigenvalue weighted by Crippen LogP contribution is 2.17. The summed E-state index contributed by atoms with van der Waals surface area (Å²) in [6, 6.07) is 12.6. The minimum atomic E-state index is -0.869. The molecule has 2 aromatic carbocycles. The van der Waals surface area contributed by atoms with E-state index in [1.165, 1.54) is 18.2 Å². The molecule has 2 aromatic rings. The second-order valence-corrected chi connectivity index (χ2v) is 4.48. The van der Waals surface area contributed by atoms with Gasteiger partial charge in [-0.1, -0.05) is 24.3 Å². The summed E-state index contributed by atoms with van der Waals surface area (Å²) in [5.41, 5.74) is 0.601. The monoisotopic (exact) mass is 289 g/mol. The molecule has 2 N–H and O–H groups in total. The highest BCUT2D eigenvalue weighted by Gasteiger charge is 2.13. The van der Waals surface area contributed by atoms with Gasteiger partial charge in [0, 0.05) is 6.54 Å². The van der Waals surface area contributed by atoms with E-state index in [0.29, 0.717) is 11.3 Å². The third-order valence-corrected chi connectivity index (χ3v) is 3.08. The smallest absolute Gasteiger partial charge is 0.254 e. The Morgan fingerprint density at radius 3 is 2.52 bits per heavy atom. The number of carbonyl (C=O) groups excluding carboxylic acids is 1. The third kappa shape index (κ3) is 3.79. The summed E-state index contributed by atoms with van der Waals surface area (Å²) < 4.78 is 18.5. The zero-order valence-corrected chi connectivity index (χ0v) is 11.5. The SMILES string of the molecule is COc1ccc(C(O)CNC(=O)c2ccccc2F)cc1. The first-order valence-electron chi connectivity index (χ1n) is 6.46. The maximum Gasteiger partial charge on any atom is 0.254 e. The topological polar surface area (TPSA) is 58.6 Å². The summed E-state index contributed by atoms with van der Waals surface area (Å²) >= 11 is 0. The predicted molar refractivity (Wildman–Crippen MR) is 76.7 cm³/mol. The van der Waals surface area contributed by atoms with Crippen molar-refractivity contribution in [3.8, 4) is 5.75 Å². The lowest BCUT2D eigenvalue weighted by atomic mass is 10.1. The largest absolute Gasteiger partial charge is 0.497 e. The molecule has 0 spiro atoms. The lowest BCUT2D eigenvalue weighted by molar-refractivity contribution is 0.0912. The van der Waals surface area contributed by atoms with Crippen LogP contribution in [0.4, 0.5) is 4.39 Å². The van der Waals surface area contributed by atoms with Crippen LogP contribution in [0.15, 0.2) is 48.5 Å². The van der Waals surface area contributed by atoms with E-state index in [-0.39, 0.29) is 12.1 Å². The second-order valence-electron chi connectivity index (χ2n) is 4.48. The number of nitrogens with one attached hydrogen (secondary N) is 1. The van der Waals surface area contributed by atoms with Gasteiger partial charge in [0.25, 0.3) is 5.91 Å². The van der Waals surface area contributed by atoms with Crippen LogP contribution in [0.5, 0.6) is 5.75 Å². The van der Waals surface area contributed by atoms with Gasteiger partial charge in [-0.3, -0.25) is 4.79 Å². The Kier molecular flexibility index (Phi) is 4.90. The van der Waals surface area contributed by atoms with Gasteiger partial charge in [0.05, 0.1) is 18.8 Å². The molecule has 1 atom stereocenters. The average Bonchev–Trinajstić information content (AvgIpc) is 2.52. The normalized spacial score (nSPS) is 11.8. The van der Waals surface area contributed by atoms with E-state index in [1.54, 1.807) is 37.4 Å². The molecule has 21 heavy (non-hydrogen) atoms. The van der Waals surface area contributed by atoms with E-state index in [1.807, 2.05) is 0 Å². The molecule has 0 heterocycles. The number of aliphatic hydroxyl groups excluding tert-OH is 1. The second kappa shape index (κ2) is 6.85. The van der Waals surface area contributed by atoms with Crippen LogP contribution >= 0.6 is 0 Å². The molecule has 5 heteroatoms. The number of aliphatic hydroxyl groups is 1. The standard InChI is InChI=1S/C16H16FNO3/c1-21-12-8-6-11(7-9-12)15(19)10-18-16(20)13-4-2-3-5-14(13)17/h2-9,15,19H,10H2,1H3,(H,18,20). The van der Waals surface area contributed by atoms with Crippen LogP contribution in [-0.4, -0.2) is 24.7 Å². The van der Waals surface area contributed by atoms with Crippen LogP contribution in [-0.2, 0) is 0 Å². The first-order valence-corrected chi connectivity index (χ1v) is 6.46. The van der Waals surface area contributed by atoms with Crippen molar-refractivity contribution in [1.29, 1.82) is 0 Å². The first kappa shape index (κ1) is 15.0. The van der Waals surface area contributed by atoms with Crippen LogP contribution in [0.2, 0.25) is 0 Å². The zero-order valence-electron chi connectivity index (χ0n) is 11.5. The van der Waals surface area contributed by atoms with E-state index in [9.17, 15) is 14.3 Å². The highest BCUT2D eigenvalue weighted by atomic mass is 19.1. The Bertz CT molecular complexity index is 613. The summed E-state index contributed by atoms with van der Waals surface area (Å²) in [4.78, 5) is 11.8. The van der Waals surface area contributed by atoms with Gasteiger partial charge in [0.2, 0.25) is 0 Å². The van der Waals surface area contributed by atoms with Crippen molar-refractivity contribution in [2.45, 2.75) is 6.10 Å². The molecular weight excluding hydrogens is 273 g/mol. The summed E-state index contributed by atoms with van der Waals surface area (Å²) in [5.74, 6) is -0.462. The summed E-state index contributed by atoms with van der Waals surface area (Å²) in [7, 11) is 1.56. The van der Waals surface area contributed by atoms with Gasteiger partial charge in [-0.25, -0.2) is 4.39 Å². The molecule has 0 bridgehead atoms. The fourth-order valence-electron chi connectivity index (χ4n) is 1.87. The number of benzene rings is 2. The Labute approximate surface area is 122 Å². The van der Waals surface area contributed by atoms with Gasteiger partial charge < -0.3 is 15.2 Å². The molecule has 1 amide bonds. The highest BCUT2D eigenvalue weighted by molar-refractivity contribution is 5.94. The molecular formula is C16H16FNO3. The maximum atomic E-state index is 13.4. The Balaban J connectivity index is 1.95. The number of halogens is 1. The molecule has 0 radical (unpaired) electrons. The van der Waals surface area contributed by atoms with Gasteiger partial charge in [0.15, 0.2) is 0 Å². The predicted octanol–water partition coefficient (Wildman–Crippen LogP) is 2.30. The van der Waals surface area contributed by atoms with E-state index in [0.717, 1.165) is 0 Å². The van der Waals surface area contributed by atoms with Gasteiger partial charge >= 0.3 is 0 Å². The molecule has 0 saturated heterocycles. The Hall–Kier alpha value is -2.40. The van der Waals surface area contributed by atoms with Crippen molar-refractivity contribution in [2.75, 3.05) is 13.7 Å². The molecule has 110 valence electrons. The third-order valence-electron chi connectivity index (χ3n) is 3.08. The van der Waals surface area contributed by atoms with Crippen molar-refractivity contribution in [3.05, 3.63) is 65.5 Å². The quantitative estimate of drug-likeness (QED) is 0.888. The number of hydrogen-bond donors (Lipinski definition) is 2. The number of carbonyl (C=O) groups is 1. The molecule has 0 aliphatic rings. The van der Waals surface area contributed by atoms with Crippen molar-refractivity contribution < 1.29 is 19.0 Å². The minimum absolute atomic E-state index is 0.000500. The van der Waals surface area contributed by atoms with Crippen molar-refractivity contribution in [1.82, 2.24) is 5.32 Å². The summed E-state index contributed by atoms with van der Waals surface area (Å²) in [6.45, 7) is -0.000500. The minimum Gasteiger partial charge on any atom is -0.497 e. The van der Waals surface area contributed by atoms with E-state index in [4.69, 9.17) is 4.74 Å². The molecule has 0 fully saturated rings. The summed E-state index contributed by atoms with van der Waals surface area (Å²) in [6.07, 6.45) is -0.869. The lowest BCUT2D eigenvalue weighted by Crippen LogP contribution is -2.29. The molecule has 2 rings (SSSR count). The number of methoxy groups -OCH3 is 1. The van der Waals surface area contributed by atoms with Crippen molar-refractivity contribution in [2.24, 2.45) is 0 Å². The molecule has 0 aromatic heterocycles. The summed E-state index contributed by atoms with van der Waals surface area (Å²) in [5, 5.41) is 12.5. The molecule has 1 unspecified atom stereocenters. The fourth-order valence-corrected chi connectivity index (χ4v) is 1.87. The van der Waals surface area contributed by atoms with Gasteiger partial charge in [-0.05, 0) is 29.8 Å². The first-order chi connectivity index (χ1) is 10.1. The van der Waals surface area contributed by atoms with E-state index < -0.39 is 17.8 Å². The molecule has 0 aliphatic heterocycles. The van der Waals surface area contributed by atoms with Crippen LogP contribution < -0.4 is 10.1 Å². The number of amides is 1. The van der Waals surface area contributed by atoms with Crippen molar-refractivity contribution in [3.63, 3.8) is 0 Å². The van der Waals surface area contributed by atoms with Crippen LogP contribution in [0.3, 0.4) is 0 Å². The lowest BCUT2D eigenvalue weighted by Gasteiger charge is -2.13.